The highest BCUT2D eigenvalue weighted by Gasteiger charge is 2.87. The SMILES string of the molecule is C[C@H]1CC[C@@H]2N(C1)C[C@@H]1[C@H]([C@@H](O)[C@H](O)[C@]34OC5(C)O[C@@H]6C[C@@H]7C(=O)[C@@H](O)CC[C@]7(C)[C@](C[C@@H]13)(O5)[C@@H]64)[C@]2(C)O. The number of carbonyl (C=O) groups is 1. The Labute approximate surface area is 223 Å². The summed E-state index contributed by atoms with van der Waals surface area (Å²) in [7, 11) is 0. The van der Waals surface area contributed by atoms with Crippen molar-refractivity contribution in [2.24, 2.45) is 40.9 Å². The summed E-state index contributed by atoms with van der Waals surface area (Å²) in [6.07, 6.45) is 0.283. The average Bonchev–Trinajstić information content (AvgIpc) is 3.09. The second-order valence-electron chi connectivity index (χ2n) is 14.9. The molecular weight excluding hydrogens is 490 g/mol. The zero-order valence-electron chi connectivity index (χ0n) is 22.9. The van der Waals surface area contributed by atoms with Crippen LogP contribution in [0.25, 0.3) is 0 Å². The number of Topliss-reactive ketones (excluding diaryl/α,β-unsaturated/α-hetero) is 1. The Morgan fingerprint density at radius 3 is 2.55 bits per heavy atom. The standard InChI is InChI=1S/C29H43NO8/c1-13-5-6-19-26(3,35)20-14(12-30(19)11-13)16-10-28-23-18(9-15-21(32)17(31)7-8-25(15,28)2)36-27(4,37-28)38-29(16,23)24(34)22(20)33/h13-20,22-24,31,33-35H,5-12H2,1-4H3/t13-,14-,15+,16-,17-,18+,19-,20+,22+,23+,24-,25-,26+,27?,28+,29-/m0/s1. The van der Waals surface area contributed by atoms with Gasteiger partial charge in [0.15, 0.2) is 5.78 Å². The largest absolute Gasteiger partial charge is 0.390 e. The highest BCUT2D eigenvalue weighted by Crippen LogP contribution is 2.77. The Bertz CT molecular complexity index is 1080. The zero-order chi connectivity index (χ0) is 26.8. The maximum Gasteiger partial charge on any atom is 0.281 e. The highest BCUT2D eigenvalue weighted by atomic mass is 16.9. The summed E-state index contributed by atoms with van der Waals surface area (Å²) >= 11 is 0. The van der Waals surface area contributed by atoms with Gasteiger partial charge in [0, 0.05) is 49.2 Å². The first-order valence-corrected chi connectivity index (χ1v) is 14.9. The molecule has 0 radical (unpaired) electrons. The Balaban J connectivity index is 1.29. The Morgan fingerprint density at radius 2 is 1.79 bits per heavy atom. The minimum absolute atomic E-state index is 0.0529. The molecule has 9 heteroatoms. The summed E-state index contributed by atoms with van der Waals surface area (Å²) in [5.41, 5.74) is -3.59. The molecule has 4 aliphatic carbocycles. The van der Waals surface area contributed by atoms with Crippen LogP contribution in [-0.4, -0.2) is 97.4 Å². The molecule has 1 unspecified atom stereocenters. The van der Waals surface area contributed by atoms with E-state index in [-0.39, 0.29) is 35.7 Å². The van der Waals surface area contributed by atoms with Crippen molar-refractivity contribution in [2.45, 2.75) is 119 Å². The molecule has 0 aromatic heterocycles. The summed E-state index contributed by atoms with van der Waals surface area (Å²) in [5, 5.41) is 46.6. The van der Waals surface area contributed by atoms with Gasteiger partial charge in [-0.1, -0.05) is 13.8 Å². The van der Waals surface area contributed by atoms with E-state index in [4.69, 9.17) is 14.2 Å². The van der Waals surface area contributed by atoms with Crippen LogP contribution in [0.2, 0.25) is 0 Å². The van der Waals surface area contributed by atoms with Crippen LogP contribution in [0, 0.1) is 40.9 Å². The number of ketones is 1. The fraction of sp³-hybridized carbons (Fsp3) is 0.966. The maximum atomic E-state index is 13.4. The molecule has 9 nitrogen and oxygen atoms in total. The summed E-state index contributed by atoms with van der Waals surface area (Å²) in [4.78, 5) is 15.8. The van der Waals surface area contributed by atoms with E-state index < -0.39 is 58.3 Å². The van der Waals surface area contributed by atoms with Crippen LogP contribution >= 0.6 is 0 Å². The lowest BCUT2D eigenvalue weighted by molar-refractivity contribution is -0.559. The van der Waals surface area contributed by atoms with Crippen LogP contribution < -0.4 is 0 Å². The van der Waals surface area contributed by atoms with E-state index in [9.17, 15) is 25.2 Å². The third-order valence-electron chi connectivity index (χ3n) is 13.2. The lowest BCUT2D eigenvalue weighted by atomic mass is 9.46. The van der Waals surface area contributed by atoms with E-state index in [0.717, 1.165) is 25.9 Å². The molecule has 16 atom stereocenters. The highest BCUT2D eigenvalue weighted by molar-refractivity contribution is 5.87. The smallest absolute Gasteiger partial charge is 0.281 e. The van der Waals surface area contributed by atoms with Crippen LogP contribution in [0.3, 0.4) is 0 Å². The lowest BCUT2D eigenvalue weighted by Crippen LogP contribution is -2.84. The number of nitrogens with zero attached hydrogens (tertiary/aromatic N) is 1. The molecule has 4 saturated carbocycles. The summed E-state index contributed by atoms with van der Waals surface area (Å²) < 4.78 is 20.0. The van der Waals surface area contributed by atoms with Crippen LogP contribution in [0.1, 0.15) is 66.2 Å². The van der Waals surface area contributed by atoms with Gasteiger partial charge in [-0.25, -0.2) is 0 Å². The molecule has 0 aromatic rings. The molecule has 5 heterocycles. The van der Waals surface area contributed by atoms with Crippen molar-refractivity contribution < 1.29 is 39.4 Å². The van der Waals surface area contributed by atoms with Gasteiger partial charge in [-0.3, -0.25) is 9.69 Å². The molecule has 4 N–H and O–H groups in total. The molecule has 5 bridgehead atoms. The van der Waals surface area contributed by atoms with Gasteiger partial charge < -0.3 is 34.6 Å². The van der Waals surface area contributed by atoms with Crippen molar-refractivity contribution in [1.29, 1.82) is 0 Å². The Morgan fingerprint density at radius 1 is 1.03 bits per heavy atom. The number of aliphatic hydroxyl groups excluding tert-OH is 3. The van der Waals surface area contributed by atoms with Crippen LogP contribution in [0.5, 0.6) is 0 Å². The van der Waals surface area contributed by atoms with E-state index in [1.54, 1.807) is 6.92 Å². The molecule has 9 rings (SSSR count). The van der Waals surface area contributed by atoms with Crippen molar-refractivity contribution in [3.05, 3.63) is 0 Å². The topological polar surface area (TPSA) is 129 Å². The Kier molecular flexibility index (Phi) is 4.76. The van der Waals surface area contributed by atoms with Gasteiger partial charge in [0.2, 0.25) is 0 Å². The number of piperidine rings is 2. The van der Waals surface area contributed by atoms with Gasteiger partial charge in [-0.15, -0.1) is 0 Å². The maximum absolute atomic E-state index is 13.4. The molecule has 1 spiro atoms. The monoisotopic (exact) mass is 533 g/mol. The molecule has 9 aliphatic rings. The first-order valence-electron chi connectivity index (χ1n) is 14.9. The van der Waals surface area contributed by atoms with E-state index in [1.807, 2.05) is 6.92 Å². The van der Waals surface area contributed by atoms with E-state index >= 15 is 0 Å². The molecule has 5 aliphatic heterocycles. The molecule has 9 fully saturated rings. The third kappa shape index (κ3) is 2.57. The second kappa shape index (κ2) is 7.21. The number of aliphatic hydroxyl groups is 4. The van der Waals surface area contributed by atoms with Gasteiger partial charge in [0.05, 0.1) is 23.4 Å². The second-order valence-corrected chi connectivity index (χ2v) is 14.9. The van der Waals surface area contributed by atoms with E-state index in [1.165, 1.54) is 0 Å². The van der Waals surface area contributed by atoms with Crippen molar-refractivity contribution >= 4 is 5.78 Å². The zero-order valence-corrected chi connectivity index (χ0v) is 22.9. The van der Waals surface area contributed by atoms with E-state index in [0.29, 0.717) is 31.6 Å². The quantitative estimate of drug-likeness (QED) is 0.357. The number of ether oxygens (including phenoxy) is 3. The third-order valence-corrected chi connectivity index (χ3v) is 13.2. The van der Waals surface area contributed by atoms with Crippen molar-refractivity contribution in [1.82, 2.24) is 4.90 Å². The number of fused-ring (bicyclic) bond motifs is 4. The number of carbonyl (C=O) groups excluding carboxylic acids is 1. The lowest BCUT2D eigenvalue weighted by Gasteiger charge is -2.72. The number of hydrogen-bond acceptors (Lipinski definition) is 9. The van der Waals surface area contributed by atoms with Gasteiger partial charge in [-0.2, -0.15) is 0 Å². The minimum Gasteiger partial charge on any atom is -0.390 e. The first-order chi connectivity index (χ1) is 17.8. The fourth-order valence-electron chi connectivity index (χ4n) is 11.9. The molecule has 38 heavy (non-hydrogen) atoms. The minimum atomic E-state index is -1.39. The average molecular weight is 534 g/mol. The van der Waals surface area contributed by atoms with Crippen molar-refractivity contribution in [3.8, 4) is 0 Å². The van der Waals surface area contributed by atoms with Crippen LogP contribution in [0.15, 0.2) is 0 Å². The number of hydrogen-bond donors (Lipinski definition) is 4. The van der Waals surface area contributed by atoms with Gasteiger partial charge >= 0.3 is 0 Å². The van der Waals surface area contributed by atoms with Crippen molar-refractivity contribution in [2.75, 3.05) is 13.1 Å². The van der Waals surface area contributed by atoms with Crippen LogP contribution in [-0.2, 0) is 19.0 Å². The van der Waals surface area contributed by atoms with Crippen molar-refractivity contribution in [3.63, 3.8) is 0 Å². The summed E-state index contributed by atoms with van der Waals surface area (Å²) in [6, 6.07) is -0.0529. The fourth-order valence-corrected chi connectivity index (χ4v) is 11.9. The molecule has 212 valence electrons. The predicted molar refractivity (Wildman–Crippen MR) is 132 cm³/mol. The predicted octanol–water partition coefficient (Wildman–Crippen LogP) is 0.802. The molecule has 0 amide bonds. The molecular formula is C29H43NO8. The van der Waals surface area contributed by atoms with Crippen LogP contribution in [0.4, 0.5) is 0 Å². The number of rotatable bonds is 0. The van der Waals surface area contributed by atoms with Gasteiger partial charge in [-0.05, 0) is 63.2 Å². The van der Waals surface area contributed by atoms with E-state index in [2.05, 4.69) is 18.7 Å². The Hall–Kier alpha value is -0.650. The van der Waals surface area contributed by atoms with Gasteiger partial charge in [0.1, 0.15) is 17.8 Å². The summed E-state index contributed by atoms with van der Waals surface area (Å²) in [5.74, 6) is -2.51. The molecule has 0 aromatic carbocycles. The van der Waals surface area contributed by atoms with Gasteiger partial charge in [0.25, 0.3) is 5.97 Å². The first kappa shape index (κ1) is 25.1. The summed E-state index contributed by atoms with van der Waals surface area (Å²) in [6.45, 7) is 9.65. The molecule has 5 saturated heterocycles. The normalized spacial score (nSPS) is 66.5.